The van der Waals surface area contributed by atoms with Crippen molar-refractivity contribution < 1.29 is 9.59 Å². The maximum Gasteiger partial charge on any atom is 0.272 e. The number of rotatable bonds is 2. The van der Waals surface area contributed by atoms with Crippen molar-refractivity contribution in [3.05, 3.63) is 23.3 Å². The van der Waals surface area contributed by atoms with Gasteiger partial charge in [0.05, 0.1) is 0 Å². The summed E-state index contributed by atoms with van der Waals surface area (Å²) in [6.45, 7) is 7.83. The molecule has 0 bridgehead atoms. The number of aryl methyl sites for hydroxylation is 1. The molecule has 3 heterocycles. The highest BCUT2D eigenvalue weighted by Crippen LogP contribution is 2.24. The summed E-state index contributed by atoms with van der Waals surface area (Å²) >= 11 is 0. The molecule has 3 rings (SSSR count). The number of piperazine rings is 1. The van der Waals surface area contributed by atoms with E-state index in [1.165, 1.54) is 0 Å². The van der Waals surface area contributed by atoms with Crippen molar-refractivity contribution in [1.29, 1.82) is 0 Å². The van der Waals surface area contributed by atoms with Crippen LogP contribution >= 0.6 is 0 Å². The van der Waals surface area contributed by atoms with Crippen LogP contribution in [0.25, 0.3) is 0 Å². The van der Waals surface area contributed by atoms with E-state index in [0.29, 0.717) is 37.8 Å². The quantitative estimate of drug-likeness (QED) is 0.796. The van der Waals surface area contributed by atoms with Gasteiger partial charge >= 0.3 is 0 Å². The van der Waals surface area contributed by atoms with Crippen molar-refractivity contribution in [3.63, 3.8) is 0 Å². The first-order valence-electron chi connectivity index (χ1n) is 9.03. The summed E-state index contributed by atoms with van der Waals surface area (Å²) in [6.07, 6.45) is 2.20. The van der Waals surface area contributed by atoms with Gasteiger partial charge < -0.3 is 14.7 Å². The van der Waals surface area contributed by atoms with Crippen LogP contribution in [0.4, 0.5) is 0 Å². The highest BCUT2D eigenvalue weighted by Gasteiger charge is 2.27. The number of hydrogen-bond donors (Lipinski definition) is 0. The predicted molar refractivity (Wildman–Crippen MR) is 94.4 cm³/mol. The van der Waals surface area contributed by atoms with Crippen molar-refractivity contribution in [2.75, 3.05) is 46.3 Å². The summed E-state index contributed by atoms with van der Waals surface area (Å²) in [5, 5.41) is 0. The number of amides is 2. The molecule has 2 saturated heterocycles. The second kappa shape index (κ2) is 7.47. The Morgan fingerprint density at radius 2 is 1.76 bits per heavy atom. The Bertz CT molecular complexity index is 655. The van der Waals surface area contributed by atoms with E-state index in [1.54, 1.807) is 22.8 Å². The molecule has 2 fully saturated rings. The molecule has 2 aliphatic heterocycles. The summed E-state index contributed by atoms with van der Waals surface area (Å²) in [7, 11) is 2.11. The molecule has 0 aromatic carbocycles. The minimum Gasteiger partial charge on any atom is -0.339 e. The van der Waals surface area contributed by atoms with Crippen LogP contribution in [-0.4, -0.2) is 82.8 Å². The van der Waals surface area contributed by atoms with Crippen LogP contribution < -0.4 is 0 Å². The maximum absolute atomic E-state index is 12.8. The fourth-order valence-electron chi connectivity index (χ4n) is 3.65. The number of likely N-dealkylation sites (N-methyl/N-ethyl adjacent to an activating group) is 1. The number of hydrogen-bond acceptors (Lipinski definition) is 5. The smallest absolute Gasteiger partial charge is 0.272 e. The predicted octanol–water partition coefficient (Wildman–Crippen LogP) is 0.899. The van der Waals surface area contributed by atoms with E-state index in [2.05, 4.69) is 21.9 Å². The number of carbonyl (C=O) groups is 2. The van der Waals surface area contributed by atoms with E-state index in [0.717, 1.165) is 37.4 Å². The molecule has 25 heavy (non-hydrogen) atoms. The summed E-state index contributed by atoms with van der Waals surface area (Å²) < 4.78 is 0. The molecule has 0 unspecified atom stereocenters. The maximum atomic E-state index is 12.8. The van der Waals surface area contributed by atoms with E-state index in [4.69, 9.17) is 0 Å². The fraction of sp³-hybridized carbons (Fsp3) is 0.667. The van der Waals surface area contributed by atoms with Gasteiger partial charge in [0.15, 0.2) is 0 Å². The van der Waals surface area contributed by atoms with E-state index >= 15 is 0 Å². The Balaban J connectivity index is 1.73. The minimum absolute atomic E-state index is 0.0564. The molecule has 0 N–H and O–H groups in total. The molecule has 7 nitrogen and oxygen atoms in total. The summed E-state index contributed by atoms with van der Waals surface area (Å²) in [6, 6.07) is 1.77. The largest absolute Gasteiger partial charge is 0.339 e. The first-order valence-corrected chi connectivity index (χ1v) is 9.03. The molecule has 1 aromatic heterocycles. The number of likely N-dealkylation sites (tertiary alicyclic amines) is 1. The highest BCUT2D eigenvalue weighted by molar-refractivity contribution is 5.92. The topological polar surface area (TPSA) is 69.6 Å². The Labute approximate surface area is 149 Å². The van der Waals surface area contributed by atoms with E-state index in [9.17, 15) is 9.59 Å². The Kier molecular flexibility index (Phi) is 5.32. The van der Waals surface area contributed by atoms with Crippen LogP contribution in [0.1, 0.15) is 47.7 Å². The molecule has 0 saturated carbocycles. The molecule has 2 amide bonds. The summed E-state index contributed by atoms with van der Waals surface area (Å²) in [5.41, 5.74) is 1.32. The third kappa shape index (κ3) is 4.15. The van der Waals surface area contributed by atoms with E-state index < -0.39 is 0 Å². The van der Waals surface area contributed by atoms with Gasteiger partial charge in [0.25, 0.3) is 5.91 Å². The van der Waals surface area contributed by atoms with Gasteiger partial charge in [-0.15, -0.1) is 0 Å². The lowest BCUT2D eigenvalue weighted by atomic mass is 9.97. The zero-order valence-corrected chi connectivity index (χ0v) is 15.4. The molecular weight excluding hydrogens is 318 g/mol. The average molecular weight is 345 g/mol. The third-order valence-electron chi connectivity index (χ3n) is 5.09. The van der Waals surface area contributed by atoms with Crippen molar-refractivity contribution in [3.8, 4) is 0 Å². The van der Waals surface area contributed by atoms with Crippen molar-refractivity contribution in [2.45, 2.75) is 32.6 Å². The zero-order chi connectivity index (χ0) is 18.0. The summed E-state index contributed by atoms with van der Waals surface area (Å²) in [4.78, 5) is 39.3. The minimum atomic E-state index is -0.0564. The normalized spacial score (nSPS) is 22.1. The van der Waals surface area contributed by atoms with Gasteiger partial charge in [-0.25, -0.2) is 9.97 Å². The third-order valence-corrected chi connectivity index (χ3v) is 5.09. The Morgan fingerprint density at radius 3 is 2.40 bits per heavy atom. The number of carbonyl (C=O) groups excluding carboxylic acids is 2. The summed E-state index contributed by atoms with van der Waals surface area (Å²) in [5.74, 6) is 1.09. The lowest BCUT2D eigenvalue weighted by molar-refractivity contribution is -0.130. The number of aromatic nitrogens is 2. The van der Waals surface area contributed by atoms with Crippen LogP contribution in [0.3, 0.4) is 0 Å². The van der Waals surface area contributed by atoms with Crippen molar-refractivity contribution in [1.82, 2.24) is 24.7 Å². The van der Waals surface area contributed by atoms with Gasteiger partial charge in [0, 0.05) is 51.3 Å². The second-order valence-corrected chi connectivity index (χ2v) is 7.15. The standard InChI is InChI=1S/C18H27N5O2/c1-13-11-16(18(25)23-9-7-22(8-10-23)14(2)24)20-17(19-13)15-5-4-6-21(3)12-15/h11,15H,4-10,12H2,1-3H3/t15-/m0/s1. The first-order chi connectivity index (χ1) is 11.9. The van der Waals surface area contributed by atoms with Crippen molar-refractivity contribution >= 4 is 11.8 Å². The molecule has 136 valence electrons. The first kappa shape index (κ1) is 17.8. The Hall–Kier alpha value is -2.02. The lowest BCUT2D eigenvalue weighted by Gasteiger charge is -2.34. The average Bonchev–Trinajstić information content (AvgIpc) is 2.60. The van der Waals surface area contributed by atoms with Gasteiger partial charge in [0.2, 0.25) is 5.91 Å². The monoisotopic (exact) mass is 345 g/mol. The van der Waals surface area contributed by atoms with Crippen LogP contribution in [0.5, 0.6) is 0 Å². The molecule has 0 spiro atoms. The van der Waals surface area contributed by atoms with Crippen molar-refractivity contribution in [2.24, 2.45) is 0 Å². The fourth-order valence-corrected chi connectivity index (χ4v) is 3.65. The number of piperidine rings is 1. The van der Waals surface area contributed by atoms with Gasteiger partial charge in [-0.3, -0.25) is 9.59 Å². The van der Waals surface area contributed by atoms with Crippen LogP contribution in [0.2, 0.25) is 0 Å². The molecule has 1 aromatic rings. The molecule has 2 aliphatic rings. The van der Waals surface area contributed by atoms with Gasteiger partial charge in [-0.2, -0.15) is 0 Å². The van der Waals surface area contributed by atoms with Gasteiger partial charge in [0.1, 0.15) is 11.5 Å². The van der Waals surface area contributed by atoms with Crippen LogP contribution in [-0.2, 0) is 4.79 Å². The lowest BCUT2D eigenvalue weighted by Crippen LogP contribution is -2.50. The second-order valence-electron chi connectivity index (χ2n) is 7.15. The molecule has 0 radical (unpaired) electrons. The van der Waals surface area contributed by atoms with E-state index in [-0.39, 0.29) is 11.8 Å². The molecule has 1 atom stereocenters. The zero-order valence-electron chi connectivity index (χ0n) is 15.4. The highest BCUT2D eigenvalue weighted by atomic mass is 16.2. The van der Waals surface area contributed by atoms with Crippen LogP contribution in [0, 0.1) is 6.92 Å². The SMILES string of the molecule is CC(=O)N1CCN(C(=O)c2cc(C)nc([C@H]3CCCN(C)C3)n2)CC1. The molecule has 7 heteroatoms. The van der Waals surface area contributed by atoms with E-state index in [1.807, 2.05) is 6.92 Å². The number of nitrogens with zero attached hydrogens (tertiary/aromatic N) is 5. The van der Waals surface area contributed by atoms with Crippen LogP contribution in [0.15, 0.2) is 6.07 Å². The molecule has 0 aliphatic carbocycles. The Morgan fingerprint density at radius 1 is 1.08 bits per heavy atom. The van der Waals surface area contributed by atoms with Gasteiger partial charge in [-0.05, 0) is 39.4 Å². The molecular formula is C18H27N5O2. The van der Waals surface area contributed by atoms with Gasteiger partial charge in [-0.1, -0.05) is 0 Å².